The van der Waals surface area contributed by atoms with Crippen molar-refractivity contribution in [3.8, 4) is 0 Å². The molecule has 0 saturated carbocycles. The Balaban J connectivity index is 2.47. The van der Waals surface area contributed by atoms with Crippen LogP contribution in [0.3, 0.4) is 0 Å². The number of halogens is 1. The molecular formula is C12H14ClNO3. The first-order valence-electron chi connectivity index (χ1n) is 5.24. The van der Waals surface area contributed by atoms with E-state index in [1.54, 1.807) is 31.2 Å². The van der Waals surface area contributed by atoms with Crippen LogP contribution >= 0.6 is 11.6 Å². The lowest BCUT2D eigenvalue weighted by Gasteiger charge is -2.09. The summed E-state index contributed by atoms with van der Waals surface area (Å²) in [6.45, 7) is 1.73. The van der Waals surface area contributed by atoms with Gasteiger partial charge in [0.05, 0.1) is 0 Å². The Morgan fingerprint density at radius 2 is 2.12 bits per heavy atom. The summed E-state index contributed by atoms with van der Waals surface area (Å²) in [4.78, 5) is 22.0. The number of amides is 1. The van der Waals surface area contributed by atoms with Crippen molar-refractivity contribution < 1.29 is 14.7 Å². The molecule has 0 radical (unpaired) electrons. The molecule has 0 fully saturated rings. The molecule has 0 aliphatic carbocycles. The number of carboxylic acids is 1. The van der Waals surface area contributed by atoms with Gasteiger partial charge >= 0.3 is 5.97 Å². The average molecular weight is 256 g/mol. The topological polar surface area (TPSA) is 66.4 Å². The molecule has 0 saturated heterocycles. The predicted octanol–water partition coefficient (Wildman–Crippen LogP) is 2.78. The molecule has 1 rings (SSSR count). The summed E-state index contributed by atoms with van der Waals surface area (Å²) in [5.41, 5.74) is 0.616. The molecule has 1 aromatic rings. The minimum absolute atomic E-state index is 0.0109. The smallest absolute Gasteiger partial charge is 0.303 e. The predicted molar refractivity (Wildman–Crippen MR) is 66.1 cm³/mol. The number of hydrogen-bond donors (Lipinski definition) is 2. The monoisotopic (exact) mass is 255 g/mol. The van der Waals surface area contributed by atoms with E-state index in [1.807, 2.05) is 0 Å². The van der Waals surface area contributed by atoms with Gasteiger partial charge in [0.1, 0.15) is 0 Å². The van der Waals surface area contributed by atoms with E-state index >= 15 is 0 Å². The highest BCUT2D eigenvalue weighted by atomic mass is 35.5. The number of anilines is 1. The molecule has 0 bridgehead atoms. The lowest BCUT2D eigenvalue weighted by atomic mass is 10.0. The SMILES string of the molecule is CC(CC(=O)O)CC(=O)Nc1cccc(Cl)c1. The Morgan fingerprint density at radius 3 is 2.71 bits per heavy atom. The summed E-state index contributed by atoms with van der Waals surface area (Å²) in [7, 11) is 0. The number of rotatable bonds is 5. The van der Waals surface area contributed by atoms with Crippen molar-refractivity contribution in [2.45, 2.75) is 19.8 Å². The number of carbonyl (C=O) groups excluding carboxylic acids is 1. The number of benzene rings is 1. The fourth-order valence-corrected chi connectivity index (χ4v) is 1.66. The highest BCUT2D eigenvalue weighted by Crippen LogP contribution is 2.16. The lowest BCUT2D eigenvalue weighted by molar-refractivity contribution is -0.138. The van der Waals surface area contributed by atoms with Crippen LogP contribution in [0.15, 0.2) is 24.3 Å². The van der Waals surface area contributed by atoms with Crippen LogP contribution in [0.1, 0.15) is 19.8 Å². The summed E-state index contributed by atoms with van der Waals surface area (Å²) < 4.78 is 0. The molecule has 1 atom stereocenters. The maximum Gasteiger partial charge on any atom is 0.303 e. The number of carbonyl (C=O) groups is 2. The molecule has 1 unspecified atom stereocenters. The van der Waals surface area contributed by atoms with E-state index in [9.17, 15) is 9.59 Å². The molecule has 4 nitrogen and oxygen atoms in total. The fourth-order valence-electron chi connectivity index (χ4n) is 1.47. The van der Waals surface area contributed by atoms with E-state index in [4.69, 9.17) is 16.7 Å². The van der Waals surface area contributed by atoms with Crippen molar-refractivity contribution in [2.24, 2.45) is 5.92 Å². The standard InChI is InChI=1S/C12H14ClNO3/c1-8(6-12(16)17)5-11(15)14-10-4-2-3-9(13)7-10/h2-4,7-8H,5-6H2,1H3,(H,14,15)(H,16,17). The maximum atomic E-state index is 11.6. The number of hydrogen-bond acceptors (Lipinski definition) is 2. The second-order valence-electron chi connectivity index (χ2n) is 3.97. The van der Waals surface area contributed by atoms with Crippen molar-refractivity contribution in [3.63, 3.8) is 0 Å². The van der Waals surface area contributed by atoms with E-state index in [-0.39, 0.29) is 24.7 Å². The molecule has 1 amide bonds. The van der Waals surface area contributed by atoms with Gasteiger partial charge in [-0.05, 0) is 24.1 Å². The van der Waals surface area contributed by atoms with E-state index in [0.29, 0.717) is 10.7 Å². The van der Waals surface area contributed by atoms with Crippen molar-refractivity contribution in [1.82, 2.24) is 0 Å². The minimum atomic E-state index is -0.895. The number of aliphatic carboxylic acids is 1. The molecule has 0 heterocycles. The van der Waals surface area contributed by atoms with Gasteiger partial charge in [-0.1, -0.05) is 24.6 Å². The van der Waals surface area contributed by atoms with Crippen LogP contribution in [-0.2, 0) is 9.59 Å². The van der Waals surface area contributed by atoms with Gasteiger partial charge in [-0.15, -0.1) is 0 Å². The van der Waals surface area contributed by atoms with Crippen molar-refractivity contribution in [3.05, 3.63) is 29.3 Å². The molecule has 5 heteroatoms. The quantitative estimate of drug-likeness (QED) is 0.850. The van der Waals surface area contributed by atoms with E-state index in [2.05, 4.69) is 5.32 Å². The number of nitrogens with one attached hydrogen (secondary N) is 1. The van der Waals surface area contributed by atoms with E-state index < -0.39 is 5.97 Å². The summed E-state index contributed by atoms with van der Waals surface area (Å²) in [6, 6.07) is 6.82. The molecule has 0 aliphatic rings. The van der Waals surface area contributed by atoms with E-state index in [1.165, 1.54) is 0 Å². The molecule has 2 N–H and O–H groups in total. The molecule has 1 aromatic carbocycles. The zero-order valence-electron chi connectivity index (χ0n) is 9.44. The second kappa shape index (κ2) is 6.25. The van der Waals surface area contributed by atoms with Gasteiger partial charge < -0.3 is 10.4 Å². The van der Waals surface area contributed by atoms with Gasteiger partial charge in [0.15, 0.2) is 0 Å². The first-order valence-corrected chi connectivity index (χ1v) is 5.62. The third-order valence-corrected chi connectivity index (χ3v) is 2.40. The van der Waals surface area contributed by atoms with E-state index in [0.717, 1.165) is 0 Å². The summed E-state index contributed by atoms with van der Waals surface area (Å²) in [6.07, 6.45) is 0.168. The Morgan fingerprint density at radius 1 is 1.41 bits per heavy atom. The normalized spacial score (nSPS) is 11.9. The molecule has 17 heavy (non-hydrogen) atoms. The molecule has 92 valence electrons. The molecule has 0 spiro atoms. The largest absolute Gasteiger partial charge is 0.481 e. The zero-order valence-corrected chi connectivity index (χ0v) is 10.2. The van der Waals surface area contributed by atoms with Gasteiger partial charge in [-0.2, -0.15) is 0 Å². The van der Waals surface area contributed by atoms with Crippen LogP contribution < -0.4 is 5.32 Å². The Hall–Kier alpha value is -1.55. The highest BCUT2D eigenvalue weighted by Gasteiger charge is 2.12. The fraction of sp³-hybridized carbons (Fsp3) is 0.333. The van der Waals surface area contributed by atoms with Crippen LogP contribution in [-0.4, -0.2) is 17.0 Å². The van der Waals surface area contributed by atoms with Crippen LogP contribution in [0.2, 0.25) is 5.02 Å². The second-order valence-corrected chi connectivity index (χ2v) is 4.40. The Bertz CT molecular complexity index is 420. The molecule has 0 aromatic heterocycles. The summed E-state index contributed by atoms with van der Waals surface area (Å²) >= 11 is 5.77. The van der Waals surface area contributed by atoms with Crippen molar-refractivity contribution >= 4 is 29.2 Å². The summed E-state index contributed by atoms with van der Waals surface area (Å²) in [5, 5.41) is 11.8. The Kier molecular flexibility index (Phi) is 4.97. The molecule has 0 aliphatic heterocycles. The lowest BCUT2D eigenvalue weighted by Crippen LogP contribution is -2.16. The van der Waals surface area contributed by atoms with Crippen LogP contribution in [0.25, 0.3) is 0 Å². The van der Waals surface area contributed by atoms with Crippen molar-refractivity contribution in [1.29, 1.82) is 0 Å². The minimum Gasteiger partial charge on any atom is -0.481 e. The van der Waals surface area contributed by atoms with Gasteiger partial charge in [0.2, 0.25) is 5.91 Å². The third-order valence-electron chi connectivity index (χ3n) is 2.17. The van der Waals surface area contributed by atoms with Gasteiger partial charge in [0, 0.05) is 23.6 Å². The van der Waals surface area contributed by atoms with Crippen LogP contribution in [0, 0.1) is 5.92 Å². The zero-order chi connectivity index (χ0) is 12.8. The van der Waals surface area contributed by atoms with Crippen molar-refractivity contribution in [2.75, 3.05) is 5.32 Å². The first kappa shape index (κ1) is 13.5. The third kappa shape index (κ3) is 5.36. The van der Waals surface area contributed by atoms with Crippen LogP contribution in [0.5, 0.6) is 0 Å². The maximum absolute atomic E-state index is 11.6. The van der Waals surface area contributed by atoms with Crippen LogP contribution in [0.4, 0.5) is 5.69 Å². The Labute approximate surface area is 105 Å². The number of carboxylic acid groups (broad SMARTS) is 1. The first-order chi connectivity index (χ1) is 7.97. The molecular weight excluding hydrogens is 242 g/mol. The van der Waals surface area contributed by atoms with Gasteiger partial charge in [-0.3, -0.25) is 9.59 Å². The van der Waals surface area contributed by atoms with Gasteiger partial charge in [0.25, 0.3) is 0 Å². The van der Waals surface area contributed by atoms with Gasteiger partial charge in [-0.25, -0.2) is 0 Å². The highest BCUT2D eigenvalue weighted by molar-refractivity contribution is 6.30. The average Bonchev–Trinajstić information content (AvgIpc) is 2.14. The summed E-state index contributed by atoms with van der Waals surface area (Å²) in [5.74, 6) is -1.29.